The van der Waals surface area contributed by atoms with Crippen LogP contribution in [0.15, 0.2) is 95.1 Å². The number of methoxy groups -OCH3 is 1. The number of benzene rings is 3. The van der Waals surface area contributed by atoms with E-state index in [9.17, 15) is 14.4 Å². The van der Waals surface area contributed by atoms with Crippen molar-refractivity contribution in [3.63, 3.8) is 0 Å². The molecule has 0 aromatic heterocycles. The SMILES string of the molecule is COC[C@H](C)NC(=O)C1=C(N)[C@H](C(=O)Nc2ccccc2C(=O)c2ccccc2)SC1=Nc1ccc(Cl)cc1. The molecule has 0 unspecified atom stereocenters. The van der Waals surface area contributed by atoms with E-state index in [-0.39, 0.29) is 23.1 Å². The molecule has 1 aliphatic rings. The van der Waals surface area contributed by atoms with E-state index >= 15 is 0 Å². The van der Waals surface area contributed by atoms with Crippen molar-refractivity contribution < 1.29 is 19.1 Å². The molecule has 2 amide bonds. The third-order valence-corrected chi connectivity index (χ3v) is 7.27. The molecule has 200 valence electrons. The summed E-state index contributed by atoms with van der Waals surface area (Å²) in [5.41, 5.74) is 8.33. The molecule has 0 saturated carbocycles. The van der Waals surface area contributed by atoms with Gasteiger partial charge in [-0.25, -0.2) is 4.99 Å². The summed E-state index contributed by atoms with van der Waals surface area (Å²) in [6, 6.07) is 22.0. The normalized spacial score (nSPS) is 16.7. The summed E-state index contributed by atoms with van der Waals surface area (Å²) in [5.74, 6) is -1.18. The van der Waals surface area contributed by atoms with Crippen molar-refractivity contribution >= 4 is 57.4 Å². The Hall–Kier alpha value is -3.92. The van der Waals surface area contributed by atoms with E-state index in [1.54, 1.807) is 79.7 Å². The molecule has 0 saturated heterocycles. The lowest BCUT2D eigenvalue weighted by Crippen LogP contribution is -2.38. The lowest BCUT2D eigenvalue weighted by molar-refractivity contribution is -0.117. The molecule has 0 fully saturated rings. The molecule has 0 bridgehead atoms. The van der Waals surface area contributed by atoms with Crippen molar-refractivity contribution in [3.8, 4) is 0 Å². The Bertz CT molecular complexity index is 1440. The Morgan fingerprint density at radius 3 is 2.38 bits per heavy atom. The lowest BCUT2D eigenvalue weighted by Gasteiger charge is -2.15. The van der Waals surface area contributed by atoms with Crippen LogP contribution in [-0.4, -0.2) is 47.6 Å². The number of ketones is 1. The molecule has 0 radical (unpaired) electrons. The highest BCUT2D eigenvalue weighted by Crippen LogP contribution is 2.36. The monoisotopic (exact) mass is 562 g/mol. The van der Waals surface area contributed by atoms with Gasteiger partial charge in [0.25, 0.3) is 5.91 Å². The summed E-state index contributed by atoms with van der Waals surface area (Å²) in [4.78, 5) is 44.4. The molecule has 10 heteroatoms. The summed E-state index contributed by atoms with van der Waals surface area (Å²) in [5, 5.41) is 5.55. The first kappa shape index (κ1) is 28.1. The predicted molar refractivity (Wildman–Crippen MR) is 156 cm³/mol. The summed E-state index contributed by atoms with van der Waals surface area (Å²) in [6.07, 6.45) is 0. The number of nitrogens with zero attached hydrogens (tertiary/aromatic N) is 1. The van der Waals surface area contributed by atoms with Gasteiger partial charge in [0.15, 0.2) is 5.78 Å². The molecule has 3 aromatic rings. The largest absolute Gasteiger partial charge is 0.400 e. The van der Waals surface area contributed by atoms with Gasteiger partial charge in [0.1, 0.15) is 10.3 Å². The molecule has 8 nitrogen and oxygen atoms in total. The van der Waals surface area contributed by atoms with Crippen LogP contribution in [0.4, 0.5) is 11.4 Å². The number of carbonyl (C=O) groups is 3. The zero-order chi connectivity index (χ0) is 27.9. The minimum absolute atomic E-state index is 0.0687. The number of hydrogen-bond donors (Lipinski definition) is 3. The number of aliphatic imine (C=N–C) groups is 1. The van der Waals surface area contributed by atoms with Gasteiger partial charge < -0.3 is 21.1 Å². The zero-order valence-electron chi connectivity index (χ0n) is 21.3. The first-order valence-corrected chi connectivity index (χ1v) is 13.3. The maximum atomic E-state index is 13.5. The minimum Gasteiger partial charge on any atom is -0.400 e. The molecule has 2 atom stereocenters. The summed E-state index contributed by atoms with van der Waals surface area (Å²) in [6.45, 7) is 2.09. The maximum absolute atomic E-state index is 13.5. The highest BCUT2D eigenvalue weighted by molar-refractivity contribution is 8.16. The quantitative estimate of drug-likeness (QED) is 0.324. The van der Waals surface area contributed by atoms with Gasteiger partial charge in [-0.3, -0.25) is 14.4 Å². The maximum Gasteiger partial charge on any atom is 0.256 e. The van der Waals surface area contributed by atoms with Gasteiger partial charge in [-0.05, 0) is 43.3 Å². The van der Waals surface area contributed by atoms with E-state index in [4.69, 9.17) is 22.1 Å². The Balaban J connectivity index is 1.64. The van der Waals surface area contributed by atoms with E-state index in [0.29, 0.717) is 39.2 Å². The standard InChI is InChI=1S/C29H27ClN4O4S/c1-17(16-38-2)32-27(36)23-24(31)26(39-29(23)33-20-14-12-19(30)13-15-20)28(37)34-22-11-7-6-10-21(22)25(35)18-8-4-3-5-9-18/h3-15,17,26H,16,31H2,1-2H3,(H,32,36)(H,34,37)/t17-,26+/m0/s1. The molecule has 1 aliphatic heterocycles. The van der Waals surface area contributed by atoms with E-state index in [1.807, 2.05) is 6.07 Å². The number of halogens is 1. The van der Waals surface area contributed by atoms with Crippen molar-refractivity contribution in [2.75, 3.05) is 19.0 Å². The van der Waals surface area contributed by atoms with Crippen molar-refractivity contribution in [3.05, 3.63) is 106 Å². The second kappa shape index (κ2) is 12.8. The number of carbonyl (C=O) groups excluding carboxylic acids is 3. The second-order valence-corrected chi connectivity index (χ2v) is 10.3. The van der Waals surface area contributed by atoms with Gasteiger partial charge in [0, 0.05) is 35.0 Å². The highest BCUT2D eigenvalue weighted by atomic mass is 35.5. The molecular formula is C29H27ClN4O4S. The number of nitrogens with one attached hydrogen (secondary N) is 2. The van der Waals surface area contributed by atoms with Crippen LogP contribution >= 0.6 is 23.4 Å². The topological polar surface area (TPSA) is 123 Å². The van der Waals surface area contributed by atoms with Gasteiger partial charge >= 0.3 is 0 Å². The van der Waals surface area contributed by atoms with Gasteiger partial charge in [-0.15, -0.1) is 0 Å². The minimum atomic E-state index is -0.950. The molecule has 3 aromatic carbocycles. The Morgan fingerprint density at radius 1 is 1.03 bits per heavy atom. The Kier molecular flexibility index (Phi) is 9.19. The van der Waals surface area contributed by atoms with Crippen LogP contribution in [0.25, 0.3) is 0 Å². The van der Waals surface area contributed by atoms with Crippen LogP contribution < -0.4 is 16.4 Å². The second-order valence-electron chi connectivity index (χ2n) is 8.78. The predicted octanol–water partition coefficient (Wildman–Crippen LogP) is 4.72. The van der Waals surface area contributed by atoms with Crippen LogP contribution in [0.3, 0.4) is 0 Å². The Labute approximate surface area is 235 Å². The summed E-state index contributed by atoms with van der Waals surface area (Å²) in [7, 11) is 1.54. The van der Waals surface area contributed by atoms with Crippen molar-refractivity contribution in [2.45, 2.75) is 18.2 Å². The summed E-state index contributed by atoms with van der Waals surface area (Å²) >= 11 is 7.06. The first-order valence-electron chi connectivity index (χ1n) is 12.1. The number of anilines is 1. The van der Waals surface area contributed by atoms with Crippen LogP contribution in [0.5, 0.6) is 0 Å². The fourth-order valence-corrected chi connectivity index (χ4v) is 5.19. The van der Waals surface area contributed by atoms with Gasteiger partial charge in [0.2, 0.25) is 5.91 Å². The molecule has 0 aliphatic carbocycles. The van der Waals surface area contributed by atoms with E-state index in [1.165, 1.54) is 7.11 Å². The number of ether oxygens (including phenoxy) is 1. The van der Waals surface area contributed by atoms with Crippen LogP contribution in [0.2, 0.25) is 5.02 Å². The first-order chi connectivity index (χ1) is 18.8. The van der Waals surface area contributed by atoms with Crippen molar-refractivity contribution in [2.24, 2.45) is 10.7 Å². The number of thioether (sulfide) groups is 1. The molecule has 4 rings (SSSR count). The van der Waals surface area contributed by atoms with Crippen molar-refractivity contribution in [1.82, 2.24) is 5.32 Å². The third kappa shape index (κ3) is 6.75. The lowest BCUT2D eigenvalue weighted by atomic mass is 10.0. The Morgan fingerprint density at radius 2 is 1.69 bits per heavy atom. The van der Waals surface area contributed by atoms with E-state index < -0.39 is 17.1 Å². The van der Waals surface area contributed by atoms with Crippen molar-refractivity contribution in [1.29, 1.82) is 0 Å². The molecule has 1 heterocycles. The summed E-state index contributed by atoms with van der Waals surface area (Å²) < 4.78 is 5.11. The van der Waals surface area contributed by atoms with E-state index in [2.05, 4.69) is 15.6 Å². The van der Waals surface area contributed by atoms with Crippen LogP contribution in [0.1, 0.15) is 22.8 Å². The van der Waals surface area contributed by atoms with E-state index in [0.717, 1.165) is 11.8 Å². The van der Waals surface area contributed by atoms with Gasteiger partial charge in [-0.1, -0.05) is 65.8 Å². The third-order valence-electron chi connectivity index (χ3n) is 5.80. The van der Waals surface area contributed by atoms with Gasteiger partial charge in [0.05, 0.1) is 23.6 Å². The number of rotatable bonds is 9. The number of amides is 2. The molecule has 0 spiro atoms. The zero-order valence-corrected chi connectivity index (χ0v) is 22.9. The molecular weight excluding hydrogens is 536 g/mol. The highest BCUT2D eigenvalue weighted by Gasteiger charge is 2.39. The average Bonchev–Trinajstić information content (AvgIpc) is 3.26. The van der Waals surface area contributed by atoms with Gasteiger partial charge in [-0.2, -0.15) is 0 Å². The molecule has 39 heavy (non-hydrogen) atoms. The number of nitrogens with two attached hydrogens (primary N) is 1. The van der Waals surface area contributed by atoms with Crippen LogP contribution in [-0.2, 0) is 14.3 Å². The molecule has 4 N–H and O–H groups in total. The smallest absolute Gasteiger partial charge is 0.256 e. The fraction of sp³-hybridized carbons (Fsp3) is 0.172. The fourth-order valence-electron chi connectivity index (χ4n) is 3.95. The average molecular weight is 563 g/mol. The number of para-hydroxylation sites is 1. The number of hydrogen-bond acceptors (Lipinski definition) is 7. The van der Waals surface area contributed by atoms with Crippen LogP contribution in [0, 0.1) is 0 Å².